The summed E-state index contributed by atoms with van der Waals surface area (Å²) in [5, 5.41) is 6.60. The lowest BCUT2D eigenvalue weighted by Crippen LogP contribution is -2.46. The van der Waals surface area contributed by atoms with Gasteiger partial charge in [-0.1, -0.05) is 6.07 Å². The molecule has 1 aromatic carbocycles. The molecule has 24 heavy (non-hydrogen) atoms. The van der Waals surface area contributed by atoms with Crippen LogP contribution in [-0.2, 0) is 4.74 Å². The molecule has 0 aromatic heterocycles. The predicted molar refractivity (Wildman–Crippen MR) is 110 cm³/mol. The summed E-state index contributed by atoms with van der Waals surface area (Å²) in [6.45, 7) is 9.22. The van der Waals surface area contributed by atoms with E-state index in [0.29, 0.717) is 13.2 Å². The Morgan fingerprint density at radius 1 is 1.25 bits per heavy atom. The van der Waals surface area contributed by atoms with Crippen LogP contribution in [0, 0.1) is 13.8 Å². The van der Waals surface area contributed by atoms with Crippen LogP contribution in [0.3, 0.4) is 0 Å². The van der Waals surface area contributed by atoms with E-state index >= 15 is 0 Å². The van der Waals surface area contributed by atoms with E-state index in [1.54, 1.807) is 7.05 Å². The van der Waals surface area contributed by atoms with Crippen molar-refractivity contribution < 1.29 is 9.47 Å². The van der Waals surface area contributed by atoms with Gasteiger partial charge in [-0.05, 0) is 56.9 Å². The minimum absolute atomic E-state index is 0. The van der Waals surface area contributed by atoms with Crippen molar-refractivity contribution in [2.45, 2.75) is 39.2 Å². The maximum absolute atomic E-state index is 5.79. The first kappa shape index (κ1) is 21.0. The number of nitrogens with zero attached hydrogens (tertiary/aromatic N) is 1. The number of aliphatic imine (C=N–C) groups is 1. The van der Waals surface area contributed by atoms with Gasteiger partial charge in [-0.25, -0.2) is 0 Å². The maximum atomic E-state index is 5.79. The topological polar surface area (TPSA) is 54.9 Å². The summed E-state index contributed by atoms with van der Waals surface area (Å²) in [4.78, 5) is 4.24. The second-order valence-corrected chi connectivity index (χ2v) is 6.43. The monoisotopic (exact) mass is 447 g/mol. The highest BCUT2D eigenvalue weighted by Crippen LogP contribution is 2.23. The van der Waals surface area contributed by atoms with Gasteiger partial charge in [0.1, 0.15) is 12.4 Å². The highest BCUT2D eigenvalue weighted by Gasteiger charge is 2.29. The van der Waals surface area contributed by atoms with Gasteiger partial charge in [0.2, 0.25) is 0 Å². The van der Waals surface area contributed by atoms with Crippen LogP contribution >= 0.6 is 24.0 Å². The van der Waals surface area contributed by atoms with Crippen LogP contribution in [0.15, 0.2) is 23.2 Å². The number of benzene rings is 1. The Labute approximate surface area is 162 Å². The zero-order chi connectivity index (χ0) is 16.7. The third-order valence-corrected chi connectivity index (χ3v) is 4.01. The molecule has 1 unspecified atom stereocenters. The molecule has 2 N–H and O–H groups in total. The molecule has 0 saturated carbocycles. The normalized spacial score (nSPS) is 20.4. The van der Waals surface area contributed by atoms with Crippen molar-refractivity contribution in [3.8, 4) is 5.75 Å². The van der Waals surface area contributed by atoms with Gasteiger partial charge in [-0.3, -0.25) is 4.99 Å². The summed E-state index contributed by atoms with van der Waals surface area (Å²) in [7, 11) is 1.78. The molecule has 5 nitrogen and oxygen atoms in total. The number of nitrogens with one attached hydrogen (secondary N) is 2. The molecule has 0 amide bonds. The van der Waals surface area contributed by atoms with Crippen molar-refractivity contribution >= 4 is 29.9 Å². The third-order valence-electron chi connectivity index (χ3n) is 4.01. The van der Waals surface area contributed by atoms with Crippen molar-refractivity contribution in [3.05, 3.63) is 29.3 Å². The van der Waals surface area contributed by atoms with Crippen molar-refractivity contribution in [1.29, 1.82) is 0 Å². The summed E-state index contributed by atoms with van der Waals surface area (Å²) < 4.78 is 11.6. The molecule has 1 atom stereocenters. The second kappa shape index (κ2) is 10.1. The van der Waals surface area contributed by atoms with E-state index in [9.17, 15) is 0 Å². The number of aryl methyl sites for hydroxylation is 2. The molecule has 136 valence electrons. The van der Waals surface area contributed by atoms with Gasteiger partial charge < -0.3 is 20.1 Å². The second-order valence-electron chi connectivity index (χ2n) is 6.43. The minimum Gasteiger partial charge on any atom is -0.492 e. The van der Waals surface area contributed by atoms with Crippen LogP contribution in [0.4, 0.5) is 0 Å². The lowest BCUT2D eigenvalue weighted by atomic mass is 10.0. The van der Waals surface area contributed by atoms with E-state index in [4.69, 9.17) is 9.47 Å². The largest absolute Gasteiger partial charge is 0.492 e. The maximum Gasteiger partial charge on any atom is 0.191 e. The van der Waals surface area contributed by atoms with Crippen LogP contribution in [0.5, 0.6) is 5.75 Å². The zero-order valence-corrected chi connectivity index (χ0v) is 17.5. The van der Waals surface area contributed by atoms with Gasteiger partial charge in [0.05, 0.1) is 12.1 Å². The molecule has 1 heterocycles. The molecule has 1 saturated heterocycles. The molecule has 1 aliphatic rings. The van der Waals surface area contributed by atoms with Gasteiger partial charge in [0.15, 0.2) is 5.96 Å². The number of hydrogen-bond donors (Lipinski definition) is 2. The Hall–Kier alpha value is -1.02. The number of guanidine groups is 1. The first-order chi connectivity index (χ1) is 11.0. The van der Waals surface area contributed by atoms with E-state index in [1.165, 1.54) is 11.1 Å². The van der Waals surface area contributed by atoms with Gasteiger partial charge >= 0.3 is 0 Å². The number of ether oxygens (including phenoxy) is 2. The number of rotatable bonds is 6. The van der Waals surface area contributed by atoms with Crippen molar-refractivity contribution in [2.75, 3.05) is 33.4 Å². The van der Waals surface area contributed by atoms with Crippen LogP contribution in [0.1, 0.15) is 30.9 Å². The smallest absolute Gasteiger partial charge is 0.191 e. The van der Waals surface area contributed by atoms with E-state index in [2.05, 4.69) is 54.6 Å². The van der Waals surface area contributed by atoms with E-state index in [0.717, 1.165) is 37.7 Å². The number of halogens is 1. The first-order valence-electron chi connectivity index (χ1n) is 8.30. The average molecular weight is 447 g/mol. The molecule has 1 fully saturated rings. The summed E-state index contributed by atoms with van der Waals surface area (Å²) >= 11 is 0. The van der Waals surface area contributed by atoms with E-state index in [1.807, 2.05) is 0 Å². The molecule has 0 bridgehead atoms. The number of hydrogen-bond acceptors (Lipinski definition) is 3. The predicted octanol–water partition coefficient (Wildman–Crippen LogP) is 3.03. The van der Waals surface area contributed by atoms with Crippen molar-refractivity contribution in [2.24, 2.45) is 4.99 Å². The van der Waals surface area contributed by atoms with E-state index < -0.39 is 0 Å². The van der Waals surface area contributed by atoms with Gasteiger partial charge in [-0.2, -0.15) is 0 Å². The lowest BCUT2D eigenvalue weighted by Gasteiger charge is -2.24. The standard InChI is InChI=1S/C18H29N3O2.HI/c1-14-10-15(2)12-16(11-14)22-9-7-20-17(19-4)21-13-18(3)6-5-8-23-18;/h10-12H,5-9,13H2,1-4H3,(H2,19,20,21);1H. The Kier molecular flexibility index (Phi) is 8.83. The Bertz CT molecular complexity index is 523. The summed E-state index contributed by atoms with van der Waals surface area (Å²) in [5.41, 5.74) is 2.36. The highest BCUT2D eigenvalue weighted by atomic mass is 127. The molecule has 0 radical (unpaired) electrons. The molecular weight excluding hydrogens is 417 g/mol. The van der Waals surface area contributed by atoms with Crippen molar-refractivity contribution in [1.82, 2.24) is 10.6 Å². The fourth-order valence-electron chi connectivity index (χ4n) is 2.82. The Morgan fingerprint density at radius 2 is 1.96 bits per heavy atom. The fourth-order valence-corrected chi connectivity index (χ4v) is 2.82. The first-order valence-corrected chi connectivity index (χ1v) is 8.30. The molecule has 0 spiro atoms. The van der Waals surface area contributed by atoms with Crippen molar-refractivity contribution in [3.63, 3.8) is 0 Å². The average Bonchev–Trinajstić information content (AvgIpc) is 2.93. The Morgan fingerprint density at radius 3 is 2.54 bits per heavy atom. The summed E-state index contributed by atoms with van der Waals surface area (Å²) in [5.74, 6) is 1.70. The van der Waals surface area contributed by atoms with E-state index in [-0.39, 0.29) is 29.6 Å². The van der Waals surface area contributed by atoms with Crippen LogP contribution in [0.25, 0.3) is 0 Å². The third kappa shape index (κ3) is 6.84. The molecular formula is C18H30IN3O2. The molecule has 6 heteroatoms. The van der Waals surface area contributed by atoms with Crippen LogP contribution in [-0.4, -0.2) is 44.9 Å². The molecule has 1 aromatic rings. The molecule has 0 aliphatic carbocycles. The van der Waals surface area contributed by atoms with Gasteiger partial charge in [0.25, 0.3) is 0 Å². The highest BCUT2D eigenvalue weighted by molar-refractivity contribution is 14.0. The summed E-state index contributed by atoms with van der Waals surface area (Å²) in [6, 6.07) is 6.25. The van der Waals surface area contributed by atoms with Crippen LogP contribution in [0.2, 0.25) is 0 Å². The SMILES string of the molecule is CN=C(NCCOc1cc(C)cc(C)c1)NCC1(C)CCCO1.I. The molecule has 2 rings (SSSR count). The zero-order valence-electron chi connectivity index (χ0n) is 15.1. The quantitative estimate of drug-likeness (QED) is 0.305. The van der Waals surface area contributed by atoms with Gasteiger partial charge in [0, 0.05) is 20.2 Å². The van der Waals surface area contributed by atoms with Gasteiger partial charge in [-0.15, -0.1) is 24.0 Å². The summed E-state index contributed by atoms with van der Waals surface area (Å²) in [6.07, 6.45) is 2.22. The minimum atomic E-state index is -0.0762. The lowest BCUT2D eigenvalue weighted by molar-refractivity contribution is 0.0243. The Balaban J connectivity index is 0.00000288. The fraction of sp³-hybridized carbons (Fsp3) is 0.611. The molecule has 1 aliphatic heterocycles. The van der Waals surface area contributed by atoms with Crippen LogP contribution < -0.4 is 15.4 Å².